The minimum absolute atomic E-state index is 0.00917. The molecule has 2 heterocycles. The molecule has 2 amide bonds. The second-order valence-corrected chi connectivity index (χ2v) is 9.61. The molecule has 1 saturated heterocycles. The molecule has 0 unspecified atom stereocenters. The summed E-state index contributed by atoms with van der Waals surface area (Å²) in [4.78, 5) is 30.1. The van der Waals surface area contributed by atoms with Crippen molar-refractivity contribution >= 4 is 11.8 Å². The quantitative estimate of drug-likeness (QED) is 0.576. The maximum absolute atomic E-state index is 13.4. The zero-order valence-electron chi connectivity index (χ0n) is 21.3. The van der Waals surface area contributed by atoms with Gasteiger partial charge in [-0.25, -0.2) is 4.39 Å². The molecule has 1 fully saturated rings. The number of fused-ring (bicyclic) bond motifs is 3. The number of nitrogens with zero attached hydrogens (tertiary/aromatic N) is 2. The SMILES string of the molecule is O=C1NCCOCCOc2ccc(C(=O)N3CCN(Cc4ccc(F)cc4)CC3)cc2Cc2cccc1c2. The number of carbonyl (C=O) groups is 2. The van der Waals surface area contributed by atoms with Crippen molar-refractivity contribution in [2.75, 3.05) is 52.5 Å². The van der Waals surface area contributed by atoms with Gasteiger partial charge in [-0.2, -0.15) is 0 Å². The number of hydrogen-bond acceptors (Lipinski definition) is 5. The number of amides is 2. The Bertz CT molecular complexity index is 1270. The molecule has 0 aliphatic carbocycles. The Hall–Kier alpha value is -3.75. The fourth-order valence-corrected chi connectivity index (χ4v) is 4.82. The largest absolute Gasteiger partial charge is 0.491 e. The van der Waals surface area contributed by atoms with E-state index < -0.39 is 0 Å². The number of halogens is 1. The van der Waals surface area contributed by atoms with Crippen molar-refractivity contribution < 1.29 is 23.5 Å². The lowest BCUT2D eigenvalue weighted by Crippen LogP contribution is -2.48. The Morgan fingerprint density at radius 2 is 1.74 bits per heavy atom. The molecule has 0 radical (unpaired) electrons. The van der Waals surface area contributed by atoms with Crippen LogP contribution in [0.25, 0.3) is 0 Å². The lowest BCUT2D eigenvalue weighted by molar-refractivity contribution is 0.0628. The minimum atomic E-state index is -0.236. The van der Waals surface area contributed by atoms with Gasteiger partial charge < -0.3 is 19.7 Å². The first-order valence-corrected chi connectivity index (χ1v) is 13.0. The van der Waals surface area contributed by atoms with E-state index in [9.17, 15) is 14.0 Å². The Kier molecular flexibility index (Phi) is 8.31. The van der Waals surface area contributed by atoms with Crippen LogP contribution in [0.1, 0.15) is 37.4 Å². The molecule has 2 aliphatic heterocycles. The highest BCUT2D eigenvalue weighted by Gasteiger charge is 2.23. The molecule has 3 aromatic carbocycles. The molecule has 198 valence electrons. The molecule has 0 atom stereocenters. The van der Waals surface area contributed by atoms with Gasteiger partial charge in [0.25, 0.3) is 11.8 Å². The summed E-state index contributed by atoms with van der Waals surface area (Å²) in [6.45, 7) is 5.13. The molecular weight excluding hydrogens is 485 g/mol. The van der Waals surface area contributed by atoms with Crippen molar-refractivity contribution in [1.29, 1.82) is 0 Å². The van der Waals surface area contributed by atoms with Crippen LogP contribution >= 0.6 is 0 Å². The first-order valence-electron chi connectivity index (χ1n) is 13.0. The van der Waals surface area contributed by atoms with E-state index in [0.29, 0.717) is 62.8 Å². The van der Waals surface area contributed by atoms with E-state index in [0.717, 1.165) is 36.3 Å². The molecular formula is C30H32FN3O4. The summed E-state index contributed by atoms with van der Waals surface area (Å²) in [5.74, 6) is 0.332. The van der Waals surface area contributed by atoms with Crippen LogP contribution in [0.5, 0.6) is 5.75 Å². The summed E-state index contributed by atoms with van der Waals surface area (Å²) in [6.07, 6.45) is 0.532. The highest BCUT2D eigenvalue weighted by molar-refractivity contribution is 5.95. The lowest BCUT2D eigenvalue weighted by atomic mass is 9.99. The van der Waals surface area contributed by atoms with E-state index in [-0.39, 0.29) is 17.6 Å². The van der Waals surface area contributed by atoms with Crippen LogP contribution in [-0.2, 0) is 17.7 Å². The zero-order chi connectivity index (χ0) is 26.3. The third kappa shape index (κ3) is 6.57. The van der Waals surface area contributed by atoms with Gasteiger partial charge in [-0.3, -0.25) is 14.5 Å². The minimum Gasteiger partial charge on any atom is -0.491 e. The average molecular weight is 518 g/mol. The van der Waals surface area contributed by atoms with E-state index in [1.807, 2.05) is 41.3 Å². The van der Waals surface area contributed by atoms with E-state index in [4.69, 9.17) is 9.47 Å². The molecule has 1 N–H and O–H groups in total. The van der Waals surface area contributed by atoms with E-state index in [2.05, 4.69) is 10.2 Å². The lowest BCUT2D eigenvalue weighted by Gasteiger charge is -2.35. The normalized spacial score (nSPS) is 17.1. The molecule has 7 nitrogen and oxygen atoms in total. The molecule has 2 aliphatic rings. The van der Waals surface area contributed by atoms with Gasteiger partial charge in [-0.1, -0.05) is 24.3 Å². The number of nitrogens with one attached hydrogen (secondary N) is 1. The van der Waals surface area contributed by atoms with Crippen molar-refractivity contribution in [3.63, 3.8) is 0 Å². The molecule has 0 aromatic heterocycles. The Morgan fingerprint density at radius 1 is 0.921 bits per heavy atom. The summed E-state index contributed by atoms with van der Waals surface area (Å²) in [6, 6.07) is 19.7. The van der Waals surface area contributed by atoms with Gasteiger partial charge in [0.05, 0.1) is 13.2 Å². The predicted molar refractivity (Wildman–Crippen MR) is 142 cm³/mol. The highest BCUT2D eigenvalue weighted by Crippen LogP contribution is 2.25. The predicted octanol–water partition coefficient (Wildman–Crippen LogP) is 3.51. The standard InChI is InChI=1S/C30H32FN3O4/c31-27-7-4-22(5-8-27)21-33-11-13-34(14-12-33)30(36)25-6-9-28-26(20-25)19-23-2-1-3-24(18-23)29(35)32-10-15-37-16-17-38-28/h1-9,18,20H,10-17,19,21H2,(H,32,35). The molecule has 2 bridgehead atoms. The molecule has 38 heavy (non-hydrogen) atoms. The number of piperazine rings is 1. The molecule has 0 saturated carbocycles. The number of hydrogen-bond donors (Lipinski definition) is 1. The summed E-state index contributed by atoms with van der Waals surface area (Å²) in [7, 11) is 0. The summed E-state index contributed by atoms with van der Waals surface area (Å²) in [5, 5.41) is 2.87. The van der Waals surface area contributed by atoms with Gasteiger partial charge in [0.2, 0.25) is 0 Å². The monoisotopic (exact) mass is 517 g/mol. The molecule has 0 spiro atoms. The van der Waals surface area contributed by atoms with Crippen LogP contribution in [0.3, 0.4) is 0 Å². The van der Waals surface area contributed by atoms with Gasteiger partial charge in [0.1, 0.15) is 18.2 Å². The van der Waals surface area contributed by atoms with Crippen LogP contribution in [0.15, 0.2) is 66.7 Å². The molecule has 3 aromatic rings. The summed E-state index contributed by atoms with van der Waals surface area (Å²) < 4.78 is 24.8. The second-order valence-electron chi connectivity index (χ2n) is 9.61. The first-order chi connectivity index (χ1) is 18.5. The van der Waals surface area contributed by atoms with Gasteiger partial charge >= 0.3 is 0 Å². The number of ether oxygens (including phenoxy) is 2. The van der Waals surface area contributed by atoms with Gasteiger partial charge in [-0.05, 0) is 59.2 Å². The number of rotatable bonds is 3. The number of benzene rings is 3. The summed E-state index contributed by atoms with van der Waals surface area (Å²) >= 11 is 0. The van der Waals surface area contributed by atoms with Gasteiger partial charge in [0.15, 0.2) is 0 Å². The second kappa shape index (κ2) is 12.2. The van der Waals surface area contributed by atoms with E-state index in [1.165, 1.54) is 12.1 Å². The first kappa shape index (κ1) is 25.9. The maximum Gasteiger partial charge on any atom is 0.253 e. The summed E-state index contributed by atoms with van der Waals surface area (Å²) in [5.41, 5.74) is 4.12. The van der Waals surface area contributed by atoms with Gasteiger partial charge in [-0.15, -0.1) is 0 Å². The van der Waals surface area contributed by atoms with Crippen molar-refractivity contribution in [3.8, 4) is 5.75 Å². The zero-order valence-corrected chi connectivity index (χ0v) is 21.3. The molecule has 8 heteroatoms. The van der Waals surface area contributed by atoms with Crippen LogP contribution in [0.2, 0.25) is 0 Å². The van der Waals surface area contributed by atoms with Crippen LogP contribution in [0, 0.1) is 5.82 Å². The average Bonchev–Trinajstić information content (AvgIpc) is 2.94. The van der Waals surface area contributed by atoms with Crippen LogP contribution in [0.4, 0.5) is 4.39 Å². The topological polar surface area (TPSA) is 71.1 Å². The fourth-order valence-electron chi connectivity index (χ4n) is 4.82. The van der Waals surface area contributed by atoms with Crippen LogP contribution < -0.4 is 10.1 Å². The van der Waals surface area contributed by atoms with Gasteiger partial charge in [0, 0.05) is 56.8 Å². The Labute approximate surface area is 222 Å². The van der Waals surface area contributed by atoms with Crippen molar-refractivity contribution in [2.45, 2.75) is 13.0 Å². The molecule has 5 rings (SSSR count). The van der Waals surface area contributed by atoms with E-state index in [1.54, 1.807) is 18.2 Å². The highest BCUT2D eigenvalue weighted by atomic mass is 19.1. The Morgan fingerprint density at radius 3 is 2.55 bits per heavy atom. The third-order valence-corrected chi connectivity index (χ3v) is 6.89. The van der Waals surface area contributed by atoms with Crippen molar-refractivity contribution in [3.05, 3.63) is 100 Å². The fraction of sp³-hybridized carbons (Fsp3) is 0.333. The van der Waals surface area contributed by atoms with Crippen molar-refractivity contribution in [1.82, 2.24) is 15.1 Å². The van der Waals surface area contributed by atoms with Crippen LogP contribution in [-0.4, -0.2) is 74.2 Å². The number of carbonyl (C=O) groups excluding carboxylic acids is 2. The van der Waals surface area contributed by atoms with Crippen molar-refractivity contribution in [2.24, 2.45) is 0 Å². The Balaban J connectivity index is 1.29. The maximum atomic E-state index is 13.4. The third-order valence-electron chi connectivity index (χ3n) is 6.89. The van der Waals surface area contributed by atoms with E-state index >= 15 is 0 Å². The smallest absolute Gasteiger partial charge is 0.253 e.